The van der Waals surface area contributed by atoms with Crippen LogP contribution in [-0.2, 0) is 6.54 Å². The fourth-order valence-corrected chi connectivity index (χ4v) is 3.58. The third-order valence-corrected chi connectivity index (χ3v) is 4.66. The van der Waals surface area contributed by atoms with Crippen LogP contribution in [0.25, 0.3) is 32.3 Å². The fraction of sp³-hybridized carbons (Fsp3) is 0.0476. The lowest BCUT2D eigenvalue weighted by molar-refractivity contribution is -0.688. The molecule has 0 radical (unpaired) electrons. The topological polar surface area (TPSA) is 16.8 Å². The van der Waals surface area contributed by atoms with E-state index in [-0.39, 0.29) is 0 Å². The van der Waals surface area contributed by atoms with Crippen LogP contribution in [0.15, 0.2) is 79.4 Å². The highest BCUT2D eigenvalue weighted by Gasteiger charge is 2.12. The Morgan fingerprint density at radius 1 is 0.696 bits per heavy atom. The molecule has 0 bridgehead atoms. The maximum Gasteiger partial charge on any atom is 0.187 e. The van der Waals surface area contributed by atoms with Crippen molar-refractivity contribution in [1.29, 1.82) is 0 Å². The number of nitrogens with zero attached hydrogens (tertiary/aromatic N) is 2. The summed E-state index contributed by atoms with van der Waals surface area (Å²) in [5.41, 5.74) is 1.34. The fourth-order valence-electron chi connectivity index (χ4n) is 3.58. The Kier molecular flexibility index (Phi) is 2.59. The second kappa shape index (κ2) is 4.75. The highest BCUT2D eigenvalue weighted by atomic mass is 14.9. The van der Waals surface area contributed by atoms with Gasteiger partial charge in [0.15, 0.2) is 18.9 Å². The average molecular weight is 295 g/mol. The Morgan fingerprint density at radius 3 is 2.13 bits per heavy atom. The summed E-state index contributed by atoms with van der Waals surface area (Å²) in [5.74, 6) is 0. The summed E-state index contributed by atoms with van der Waals surface area (Å²) in [6, 6.07) is 20.0. The van der Waals surface area contributed by atoms with E-state index >= 15 is 0 Å². The Morgan fingerprint density at radius 2 is 1.35 bits per heavy atom. The SMILES string of the molecule is c1cc2ccc3ccc(C[n+]4ccncc4)c4ccc(c1)c2c34. The maximum absolute atomic E-state index is 4.10. The molecular formula is C21H15N2+. The van der Waals surface area contributed by atoms with Crippen LogP contribution in [0, 0.1) is 0 Å². The van der Waals surface area contributed by atoms with Gasteiger partial charge in [0.1, 0.15) is 0 Å². The first kappa shape index (κ1) is 12.5. The summed E-state index contributed by atoms with van der Waals surface area (Å²) in [6.45, 7) is 0.858. The number of hydrogen-bond donors (Lipinski definition) is 0. The van der Waals surface area contributed by atoms with E-state index in [1.54, 1.807) is 0 Å². The molecule has 0 spiro atoms. The first-order valence-corrected chi connectivity index (χ1v) is 7.85. The summed E-state index contributed by atoms with van der Waals surface area (Å²) in [6.07, 6.45) is 7.68. The third kappa shape index (κ3) is 1.88. The molecule has 2 heteroatoms. The molecule has 23 heavy (non-hydrogen) atoms. The second-order valence-electron chi connectivity index (χ2n) is 6.00. The number of hydrogen-bond acceptors (Lipinski definition) is 1. The van der Waals surface area contributed by atoms with Crippen LogP contribution in [-0.4, -0.2) is 4.98 Å². The first-order chi connectivity index (χ1) is 11.4. The smallest absolute Gasteiger partial charge is 0.187 e. The van der Waals surface area contributed by atoms with Crippen molar-refractivity contribution in [2.24, 2.45) is 0 Å². The van der Waals surface area contributed by atoms with Crippen LogP contribution in [0.1, 0.15) is 5.56 Å². The van der Waals surface area contributed by atoms with Crippen LogP contribution in [0.4, 0.5) is 0 Å². The van der Waals surface area contributed by atoms with Crippen LogP contribution in [0.5, 0.6) is 0 Å². The summed E-state index contributed by atoms with van der Waals surface area (Å²) in [5, 5.41) is 8.05. The predicted molar refractivity (Wildman–Crippen MR) is 93.7 cm³/mol. The van der Waals surface area contributed by atoms with Crippen molar-refractivity contribution in [2.75, 3.05) is 0 Å². The zero-order valence-corrected chi connectivity index (χ0v) is 12.6. The van der Waals surface area contributed by atoms with Gasteiger partial charge >= 0.3 is 0 Å². The monoisotopic (exact) mass is 295 g/mol. The van der Waals surface area contributed by atoms with Crippen molar-refractivity contribution in [1.82, 2.24) is 4.98 Å². The molecule has 5 aromatic rings. The largest absolute Gasteiger partial charge is 0.252 e. The average Bonchev–Trinajstić information content (AvgIpc) is 2.62. The Hall–Kier alpha value is -3.00. The standard InChI is InChI=1S/C21H15N2/c1-2-15-4-5-17-6-7-18(14-23-12-10-22-11-13-23)19-9-8-16(3-1)20(15)21(17)19/h1-13H,14H2/q+1. The Bertz CT molecular complexity index is 1110. The van der Waals surface area contributed by atoms with Gasteiger partial charge in [-0.25, -0.2) is 0 Å². The molecule has 108 valence electrons. The van der Waals surface area contributed by atoms with Crippen molar-refractivity contribution in [3.05, 3.63) is 84.9 Å². The van der Waals surface area contributed by atoms with Gasteiger partial charge in [0.05, 0.1) is 12.4 Å². The molecule has 1 heterocycles. The van der Waals surface area contributed by atoms with E-state index in [0.717, 1.165) is 6.54 Å². The summed E-state index contributed by atoms with van der Waals surface area (Å²) in [7, 11) is 0. The number of rotatable bonds is 2. The molecule has 0 aliphatic rings. The molecule has 4 aromatic carbocycles. The minimum Gasteiger partial charge on any atom is -0.252 e. The van der Waals surface area contributed by atoms with E-state index in [2.05, 4.69) is 64.1 Å². The van der Waals surface area contributed by atoms with Crippen molar-refractivity contribution in [3.8, 4) is 0 Å². The van der Waals surface area contributed by atoms with E-state index in [0.29, 0.717) is 0 Å². The lowest BCUT2D eigenvalue weighted by atomic mass is 9.92. The Labute approximate surface area is 134 Å². The molecule has 0 amide bonds. The molecule has 0 saturated heterocycles. The van der Waals surface area contributed by atoms with Gasteiger partial charge in [0.25, 0.3) is 0 Å². The minimum absolute atomic E-state index is 0.858. The second-order valence-corrected chi connectivity index (χ2v) is 6.00. The molecule has 0 aliphatic heterocycles. The van der Waals surface area contributed by atoms with Gasteiger partial charge < -0.3 is 0 Å². The van der Waals surface area contributed by atoms with Gasteiger partial charge in [-0.15, -0.1) is 0 Å². The van der Waals surface area contributed by atoms with E-state index in [9.17, 15) is 0 Å². The highest BCUT2D eigenvalue weighted by Crippen LogP contribution is 2.35. The van der Waals surface area contributed by atoms with Gasteiger partial charge in [-0.1, -0.05) is 54.6 Å². The number of aromatic nitrogens is 2. The van der Waals surface area contributed by atoms with Crippen LogP contribution < -0.4 is 4.57 Å². The molecule has 5 rings (SSSR count). The molecule has 0 unspecified atom stereocenters. The lowest BCUT2D eigenvalue weighted by Gasteiger charge is -2.12. The minimum atomic E-state index is 0.858. The zero-order chi connectivity index (χ0) is 15.2. The van der Waals surface area contributed by atoms with Gasteiger partial charge in [0.2, 0.25) is 0 Å². The van der Waals surface area contributed by atoms with Gasteiger partial charge in [-0.2, -0.15) is 4.57 Å². The molecule has 0 atom stereocenters. The van der Waals surface area contributed by atoms with E-state index < -0.39 is 0 Å². The molecule has 0 aliphatic carbocycles. The van der Waals surface area contributed by atoms with Crippen LogP contribution in [0.2, 0.25) is 0 Å². The van der Waals surface area contributed by atoms with Gasteiger partial charge in [-0.3, -0.25) is 4.98 Å². The van der Waals surface area contributed by atoms with E-state index in [4.69, 9.17) is 0 Å². The zero-order valence-electron chi connectivity index (χ0n) is 12.6. The summed E-state index contributed by atoms with van der Waals surface area (Å²) < 4.78 is 2.17. The number of benzene rings is 4. The normalized spacial score (nSPS) is 11.7. The molecule has 0 fully saturated rings. The quantitative estimate of drug-likeness (QED) is 0.350. The van der Waals surface area contributed by atoms with Crippen molar-refractivity contribution in [2.45, 2.75) is 6.54 Å². The van der Waals surface area contributed by atoms with Crippen LogP contribution >= 0.6 is 0 Å². The molecular weight excluding hydrogens is 280 g/mol. The van der Waals surface area contributed by atoms with E-state index in [1.807, 2.05) is 24.8 Å². The summed E-state index contributed by atoms with van der Waals surface area (Å²) >= 11 is 0. The lowest BCUT2D eigenvalue weighted by Crippen LogP contribution is -2.33. The van der Waals surface area contributed by atoms with Gasteiger partial charge in [0, 0.05) is 5.56 Å². The summed E-state index contributed by atoms with van der Waals surface area (Å²) in [4.78, 5) is 4.10. The Balaban J connectivity index is 1.84. The predicted octanol–water partition coefficient (Wildman–Crippen LogP) is 4.31. The van der Waals surface area contributed by atoms with Crippen molar-refractivity contribution in [3.63, 3.8) is 0 Å². The first-order valence-electron chi connectivity index (χ1n) is 7.85. The molecule has 0 N–H and O–H groups in total. The van der Waals surface area contributed by atoms with Crippen LogP contribution in [0.3, 0.4) is 0 Å². The van der Waals surface area contributed by atoms with Gasteiger partial charge in [-0.05, 0) is 32.3 Å². The molecule has 1 aromatic heterocycles. The third-order valence-electron chi connectivity index (χ3n) is 4.66. The maximum atomic E-state index is 4.10. The van der Waals surface area contributed by atoms with Crippen molar-refractivity contribution >= 4 is 32.3 Å². The van der Waals surface area contributed by atoms with E-state index in [1.165, 1.54) is 37.9 Å². The van der Waals surface area contributed by atoms with Crippen molar-refractivity contribution < 1.29 is 4.57 Å². The molecule has 0 saturated carbocycles. The highest BCUT2D eigenvalue weighted by molar-refractivity contribution is 6.23. The molecule has 2 nitrogen and oxygen atoms in total.